The van der Waals surface area contributed by atoms with Gasteiger partial charge in [-0.3, -0.25) is 14.2 Å². The minimum absolute atomic E-state index is 0.0545. The average Bonchev–Trinajstić information content (AvgIpc) is 2.62. The van der Waals surface area contributed by atoms with E-state index >= 15 is 0 Å². The zero-order chi connectivity index (χ0) is 20.5. The van der Waals surface area contributed by atoms with Crippen molar-refractivity contribution in [1.82, 2.24) is 4.57 Å². The minimum atomic E-state index is -3.44. The number of halogens is 1. The van der Waals surface area contributed by atoms with Crippen molar-refractivity contribution in [1.29, 1.82) is 0 Å². The molecule has 0 aliphatic heterocycles. The summed E-state index contributed by atoms with van der Waals surface area (Å²) < 4.78 is 37.7. The lowest BCUT2D eigenvalue weighted by atomic mass is 10.1. The van der Waals surface area contributed by atoms with Gasteiger partial charge in [0.25, 0.3) is 11.5 Å². The van der Waals surface area contributed by atoms with Gasteiger partial charge in [0, 0.05) is 23.8 Å². The molecule has 0 radical (unpaired) electrons. The second-order valence-corrected chi connectivity index (χ2v) is 8.30. The van der Waals surface area contributed by atoms with E-state index in [-0.39, 0.29) is 16.1 Å². The number of benzene rings is 2. The van der Waals surface area contributed by atoms with Crippen LogP contribution in [-0.4, -0.2) is 25.1 Å². The van der Waals surface area contributed by atoms with Gasteiger partial charge < -0.3 is 5.32 Å². The van der Waals surface area contributed by atoms with Gasteiger partial charge in [-0.05, 0) is 61.0 Å². The van der Waals surface area contributed by atoms with Crippen LogP contribution in [0, 0.1) is 12.7 Å². The number of carbonyl (C=O) groups is 1. The van der Waals surface area contributed by atoms with Gasteiger partial charge in [0.05, 0.1) is 4.90 Å². The fourth-order valence-corrected chi connectivity index (χ4v) is 3.37. The summed E-state index contributed by atoms with van der Waals surface area (Å²) in [7, 11) is -3.44. The molecule has 28 heavy (non-hydrogen) atoms. The van der Waals surface area contributed by atoms with Crippen molar-refractivity contribution in [2.45, 2.75) is 11.8 Å². The van der Waals surface area contributed by atoms with E-state index in [0.29, 0.717) is 11.3 Å². The van der Waals surface area contributed by atoms with Crippen LogP contribution in [0.5, 0.6) is 0 Å². The van der Waals surface area contributed by atoms with Crippen LogP contribution in [0.2, 0.25) is 0 Å². The summed E-state index contributed by atoms with van der Waals surface area (Å²) in [6.07, 6.45) is 2.57. The monoisotopic (exact) mass is 400 g/mol. The summed E-state index contributed by atoms with van der Waals surface area (Å²) in [6.45, 7) is 1.62. The van der Waals surface area contributed by atoms with Gasteiger partial charge in [-0.15, -0.1) is 0 Å². The zero-order valence-corrected chi connectivity index (χ0v) is 16.0. The number of sulfone groups is 1. The molecule has 1 aromatic heterocycles. The number of hydrogen-bond acceptors (Lipinski definition) is 4. The third kappa shape index (κ3) is 4.01. The summed E-state index contributed by atoms with van der Waals surface area (Å²) in [5.41, 5.74) is 0.475. The lowest BCUT2D eigenvalue weighted by molar-refractivity contribution is 0.102. The highest BCUT2D eigenvalue weighted by Crippen LogP contribution is 2.17. The molecular weight excluding hydrogens is 383 g/mol. The number of carbonyl (C=O) groups excluding carboxylic acids is 1. The predicted octanol–water partition coefficient (Wildman–Crippen LogP) is 2.94. The maximum Gasteiger partial charge on any atom is 0.268 e. The normalized spacial score (nSPS) is 11.2. The van der Waals surface area contributed by atoms with E-state index in [4.69, 9.17) is 0 Å². The van der Waals surface area contributed by atoms with Gasteiger partial charge in [-0.1, -0.05) is 6.07 Å². The van der Waals surface area contributed by atoms with Crippen molar-refractivity contribution in [3.63, 3.8) is 0 Å². The predicted molar refractivity (Wildman–Crippen MR) is 104 cm³/mol. The molecule has 0 spiro atoms. The lowest BCUT2D eigenvalue weighted by Gasteiger charge is -2.12. The zero-order valence-electron chi connectivity index (χ0n) is 15.1. The first kappa shape index (κ1) is 19.5. The van der Waals surface area contributed by atoms with E-state index in [2.05, 4.69) is 5.32 Å². The first-order valence-electron chi connectivity index (χ1n) is 8.26. The number of nitrogens with zero attached hydrogens (tertiary/aromatic N) is 1. The molecule has 1 heterocycles. The Morgan fingerprint density at radius 2 is 1.75 bits per heavy atom. The van der Waals surface area contributed by atoms with Gasteiger partial charge in [-0.2, -0.15) is 0 Å². The average molecular weight is 400 g/mol. The maximum atomic E-state index is 13.1. The fourth-order valence-electron chi connectivity index (χ4n) is 2.71. The molecule has 0 fully saturated rings. The maximum absolute atomic E-state index is 13.1. The Kier molecular flexibility index (Phi) is 5.15. The molecule has 1 amide bonds. The standard InChI is InChI=1S/C20H17FN2O4S/c1-13-10-11-23(16-8-6-14(21)7-9-16)20(25)18(13)19(24)22-15-4-3-5-17(12-15)28(2,26)27/h3-12H,1-2H3,(H,22,24). The van der Waals surface area contributed by atoms with Crippen LogP contribution in [0.3, 0.4) is 0 Å². The quantitative estimate of drug-likeness (QED) is 0.730. The number of pyridine rings is 1. The first-order valence-corrected chi connectivity index (χ1v) is 10.2. The molecule has 0 aliphatic carbocycles. The third-order valence-corrected chi connectivity index (χ3v) is 5.26. The molecule has 2 aromatic carbocycles. The van der Waals surface area contributed by atoms with Gasteiger partial charge in [0.15, 0.2) is 9.84 Å². The van der Waals surface area contributed by atoms with Crippen molar-refractivity contribution in [2.75, 3.05) is 11.6 Å². The van der Waals surface area contributed by atoms with E-state index in [9.17, 15) is 22.4 Å². The number of aryl methyl sites for hydroxylation is 1. The van der Waals surface area contributed by atoms with Crippen LogP contribution in [0.15, 0.2) is 70.5 Å². The van der Waals surface area contributed by atoms with Gasteiger partial charge >= 0.3 is 0 Å². The number of anilines is 1. The highest BCUT2D eigenvalue weighted by Gasteiger charge is 2.17. The lowest BCUT2D eigenvalue weighted by Crippen LogP contribution is -2.29. The topological polar surface area (TPSA) is 85.2 Å². The molecule has 0 atom stereocenters. The smallest absolute Gasteiger partial charge is 0.268 e. The molecule has 0 saturated carbocycles. The summed E-state index contributed by atoms with van der Waals surface area (Å²) in [5.74, 6) is -1.10. The van der Waals surface area contributed by atoms with Crippen LogP contribution in [0.4, 0.5) is 10.1 Å². The summed E-state index contributed by atoms with van der Waals surface area (Å²) in [5, 5.41) is 2.56. The molecule has 3 rings (SSSR count). The number of aromatic nitrogens is 1. The summed E-state index contributed by atoms with van der Waals surface area (Å²) in [6, 6.07) is 12.7. The molecule has 1 N–H and O–H groups in total. The molecule has 0 unspecified atom stereocenters. The van der Waals surface area contributed by atoms with Crippen molar-refractivity contribution in [3.05, 3.63) is 88.1 Å². The molecule has 0 aliphatic rings. The van der Waals surface area contributed by atoms with Crippen LogP contribution in [-0.2, 0) is 9.84 Å². The molecule has 6 nitrogen and oxygen atoms in total. The van der Waals surface area contributed by atoms with Crippen LogP contribution >= 0.6 is 0 Å². The van der Waals surface area contributed by atoms with Crippen molar-refractivity contribution in [3.8, 4) is 5.69 Å². The van der Waals surface area contributed by atoms with Gasteiger partial charge in [-0.25, -0.2) is 12.8 Å². The van der Waals surface area contributed by atoms with Crippen LogP contribution in [0.25, 0.3) is 5.69 Å². The van der Waals surface area contributed by atoms with Crippen molar-refractivity contribution >= 4 is 21.4 Å². The Morgan fingerprint density at radius 1 is 1.07 bits per heavy atom. The third-order valence-electron chi connectivity index (χ3n) is 4.15. The Bertz CT molecular complexity index is 1220. The summed E-state index contributed by atoms with van der Waals surface area (Å²) in [4.78, 5) is 25.6. The summed E-state index contributed by atoms with van der Waals surface area (Å²) >= 11 is 0. The molecule has 144 valence electrons. The van der Waals surface area contributed by atoms with Crippen LogP contribution < -0.4 is 10.9 Å². The minimum Gasteiger partial charge on any atom is -0.322 e. The van der Waals surface area contributed by atoms with E-state index in [1.54, 1.807) is 13.0 Å². The Morgan fingerprint density at radius 3 is 2.39 bits per heavy atom. The highest BCUT2D eigenvalue weighted by molar-refractivity contribution is 7.90. The molecular formula is C20H17FN2O4S. The molecule has 3 aromatic rings. The van der Waals surface area contributed by atoms with Crippen molar-refractivity contribution in [2.24, 2.45) is 0 Å². The first-order chi connectivity index (χ1) is 13.2. The number of nitrogens with one attached hydrogen (secondary N) is 1. The van der Waals surface area contributed by atoms with E-state index in [1.807, 2.05) is 0 Å². The Balaban J connectivity index is 2.00. The second-order valence-electron chi connectivity index (χ2n) is 6.28. The Hall–Kier alpha value is -3.26. The molecule has 0 bridgehead atoms. The molecule has 8 heteroatoms. The largest absolute Gasteiger partial charge is 0.322 e. The fraction of sp³-hybridized carbons (Fsp3) is 0.100. The Labute approximate surface area is 161 Å². The van der Waals surface area contributed by atoms with E-state index in [1.165, 1.54) is 59.3 Å². The number of rotatable bonds is 4. The number of hydrogen-bond donors (Lipinski definition) is 1. The second kappa shape index (κ2) is 7.40. The van der Waals surface area contributed by atoms with Gasteiger partial charge in [0.1, 0.15) is 11.4 Å². The van der Waals surface area contributed by atoms with Crippen molar-refractivity contribution < 1.29 is 17.6 Å². The molecule has 0 saturated heterocycles. The SMILES string of the molecule is Cc1ccn(-c2ccc(F)cc2)c(=O)c1C(=O)Nc1cccc(S(C)(=O)=O)c1. The van der Waals surface area contributed by atoms with E-state index in [0.717, 1.165) is 6.26 Å². The highest BCUT2D eigenvalue weighted by atomic mass is 32.2. The number of amides is 1. The van der Waals surface area contributed by atoms with Gasteiger partial charge in [0.2, 0.25) is 0 Å². The van der Waals surface area contributed by atoms with E-state index < -0.39 is 27.1 Å². The van der Waals surface area contributed by atoms with Crippen LogP contribution in [0.1, 0.15) is 15.9 Å².